The molecule has 1 aliphatic rings. The Morgan fingerprint density at radius 2 is 1.47 bits per heavy atom. The van der Waals surface area contributed by atoms with E-state index in [1.54, 1.807) is 11.8 Å². The summed E-state index contributed by atoms with van der Waals surface area (Å²) in [6, 6.07) is -3.02. The largest absolute Gasteiger partial charge is 0.391 e. The minimum Gasteiger partial charge on any atom is -0.391 e. The third-order valence-corrected chi connectivity index (χ3v) is 9.15. The SMILES string of the molecule is CCCCNC(=O)[C@@H](NC(=O)[C@@H]1CN(C)C[C@H]1[C@H](O)[C@H](CC(C)C)NC(=O)[C@H](CCSC)NC(=O)[C@H](CC(C)C)NC(C)=O)C(C)C. The standard InChI is InChI=1S/C34H64N6O6S/c1-11-12-14-35-34(46)29(22(6)7)39-31(43)25-19-40(9)18-24(25)30(42)27(16-20(2)3)38-32(44)26(13-15-47-10)37-33(45)28(17-21(4)5)36-23(8)41/h20-22,24-30,42H,11-19H2,1-10H3,(H,35,46)(H,36,41)(H,37,45)(H,38,44)(H,39,43)/t24-,25-,26+,27+,28+,29+,30+/m1/s1. The van der Waals surface area contributed by atoms with Crippen LogP contribution in [0.1, 0.15) is 87.5 Å². The molecule has 272 valence electrons. The molecule has 5 amide bonds. The highest BCUT2D eigenvalue weighted by Crippen LogP contribution is 2.29. The van der Waals surface area contributed by atoms with Gasteiger partial charge in [0.2, 0.25) is 29.5 Å². The number of aliphatic hydroxyl groups excluding tert-OH is 1. The average molecular weight is 685 g/mol. The molecule has 0 aromatic carbocycles. The van der Waals surface area contributed by atoms with Gasteiger partial charge >= 0.3 is 0 Å². The molecule has 7 atom stereocenters. The molecule has 0 bridgehead atoms. The third-order valence-electron chi connectivity index (χ3n) is 8.51. The molecule has 1 aliphatic heterocycles. The molecule has 47 heavy (non-hydrogen) atoms. The monoisotopic (exact) mass is 684 g/mol. The van der Waals surface area contributed by atoms with Gasteiger partial charge in [-0.3, -0.25) is 24.0 Å². The Balaban J connectivity index is 3.20. The number of amides is 5. The molecule has 0 aromatic heterocycles. The van der Waals surface area contributed by atoms with Gasteiger partial charge in [0.25, 0.3) is 0 Å². The number of nitrogens with one attached hydrogen (secondary N) is 5. The Morgan fingerprint density at radius 3 is 2.00 bits per heavy atom. The Hall–Kier alpha value is -2.38. The van der Waals surface area contributed by atoms with Crippen molar-refractivity contribution in [1.82, 2.24) is 31.5 Å². The lowest BCUT2D eigenvalue weighted by molar-refractivity contribution is -0.134. The first-order valence-electron chi connectivity index (χ1n) is 17.3. The zero-order valence-corrected chi connectivity index (χ0v) is 31.3. The summed E-state index contributed by atoms with van der Waals surface area (Å²) in [4.78, 5) is 67.4. The molecule has 12 nitrogen and oxygen atoms in total. The van der Waals surface area contributed by atoms with Crippen LogP contribution in [-0.2, 0) is 24.0 Å². The van der Waals surface area contributed by atoms with E-state index in [1.807, 2.05) is 66.7 Å². The second-order valence-corrected chi connectivity index (χ2v) is 15.3. The normalized spacial score (nSPS) is 20.0. The molecule has 0 aromatic rings. The van der Waals surface area contributed by atoms with Crippen LogP contribution in [0, 0.1) is 29.6 Å². The fraction of sp³-hybridized carbons (Fsp3) is 0.853. The molecule has 13 heteroatoms. The number of carbonyl (C=O) groups is 5. The Kier molecular flexibility index (Phi) is 19.6. The van der Waals surface area contributed by atoms with Crippen molar-refractivity contribution in [2.75, 3.05) is 38.7 Å². The maximum atomic E-state index is 13.8. The van der Waals surface area contributed by atoms with Crippen molar-refractivity contribution < 1.29 is 29.1 Å². The predicted octanol–water partition coefficient (Wildman–Crippen LogP) is 1.90. The first-order chi connectivity index (χ1) is 22.0. The highest BCUT2D eigenvalue weighted by molar-refractivity contribution is 7.98. The molecule has 6 N–H and O–H groups in total. The van der Waals surface area contributed by atoms with Gasteiger partial charge in [0.15, 0.2) is 0 Å². The molecule has 1 fully saturated rings. The van der Waals surface area contributed by atoms with E-state index < -0.39 is 53.9 Å². The second-order valence-electron chi connectivity index (χ2n) is 14.3. The lowest BCUT2D eigenvalue weighted by atomic mass is 9.83. The zero-order chi connectivity index (χ0) is 35.8. The number of unbranched alkanes of at least 4 members (excludes halogenated alkanes) is 1. The molecule has 0 unspecified atom stereocenters. The van der Waals surface area contributed by atoms with Crippen molar-refractivity contribution in [2.45, 2.75) is 118 Å². The smallest absolute Gasteiger partial charge is 0.243 e. The van der Waals surface area contributed by atoms with Crippen molar-refractivity contribution in [3.8, 4) is 0 Å². The molecule has 0 aliphatic carbocycles. The number of aliphatic hydroxyl groups is 1. The van der Waals surface area contributed by atoms with Crippen LogP contribution >= 0.6 is 11.8 Å². The Morgan fingerprint density at radius 1 is 0.851 bits per heavy atom. The predicted molar refractivity (Wildman–Crippen MR) is 189 cm³/mol. The summed E-state index contributed by atoms with van der Waals surface area (Å²) in [5.41, 5.74) is 0. The van der Waals surface area contributed by atoms with Crippen molar-refractivity contribution in [3.05, 3.63) is 0 Å². The summed E-state index contributed by atoms with van der Waals surface area (Å²) in [5, 5.41) is 26.3. The summed E-state index contributed by atoms with van der Waals surface area (Å²) >= 11 is 1.55. The number of hydrogen-bond acceptors (Lipinski definition) is 8. The van der Waals surface area contributed by atoms with Crippen LogP contribution in [-0.4, -0.2) is 109 Å². The summed E-state index contributed by atoms with van der Waals surface area (Å²) in [6.45, 7) is 16.5. The first-order valence-corrected chi connectivity index (χ1v) is 18.7. The number of rotatable bonds is 21. The summed E-state index contributed by atoms with van der Waals surface area (Å²) < 4.78 is 0. The molecular weight excluding hydrogens is 620 g/mol. The minimum absolute atomic E-state index is 0.118. The van der Waals surface area contributed by atoms with Gasteiger partial charge in [0.05, 0.1) is 18.1 Å². The molecule has 0 saturated carbocycles. The second kappa shape index (κ2) is 21.6. The number of carbonyl (C=O) groups excluding carboxylic acids is 5. The maximum absolute atomic E-state index is 13.8. The van der Waals surface area contributed by atoms with Gasteiger partial charge in [-0.2, -0.15) is 11.8 Å². The topological polar surface area (TPSA) is 169 Å². The lowest BCUT2D eigenvalue weighted by Crippen LogP contribution is -2.58. The summed E-state index contributed by atoms with van der Waals surface area (Å²) in [7, 11) is 1.89. The van der Waals surface area contributed by atoms with E-state index in [1.165, 1.54) is 6.92 Å². The van der Waals surface area contributed by atoms with Crippen molar-refractivity contribution in [1.29, 1.82) is 0 Å². The van der Waals surface area contributed by atoms with Crippen LogP contribution in [0.3, 0.4) is 0 Å². The van der Waals surface area contributed by atoms with E-state index in [0.717, 1.165) is 12.8 Å². The maximum Gasteiger partial charge on any atom is 0.243 e. The van der Waals surface area contributed by atoms with Crippen LogP contribution in [0.5, 0.6) is 0 Å². The Labute approximate surface area is 287 Å². The molecule has 1 saturated heterocycles. The number of hydrogen-bond donors (Lipinski definition) is 6. The first kappa shape index (κ1) is 42.6. The highest BCUT2D eigenvalue weighted by atomic mass is 32.2. The zero-order valence-electron chi connectivity index (χ0n) is 30.5. The van der Waals surface area contributed by atoms with E-state index in [2.05, 4.69) is 26.6 Å². The fourth-order valence-corrected chi connectivity index (χ4v) is 6.52. The molecule has 1 rings (SSSR count). The van der Waals surface area contributed by atoms with Crippen LogP contribution in [0.25, 0.3) is 0 Å². The van der Waals surface area contributed by atoms with Crippen LogP contribution < -0.4 is 26.6 Å². The van der Waals surface area contributed by atoms with Crippen LogP contribution in [0.4, 0.5) is 0 Å². The summed E-state index contributed by atoms with van der Waals surface area (Å²) in [5.74, 6) is -2.02. The van der Waals surface area contributed by atoms with Gasteiger partial charge in [0.1, 0.15) is 18.1 Å². The highest BCUT2D eigenvalue weighted by Gasteiger charge is 2.44. The van der Waals surface area contributed by atoms with Gasteiger partial charge in [-0.25, -0.2) is 0 Å². The van der Waals surface area contributed by atoms with Crippen molar-refractivity contribution >= 4 is 41.3 Å². The van der Waals surface area contributed by atoms with Gasteiger partial charge in [-0.1, -0.05) is 54.9 Å². The van der Waals surface area contributed by atoms with Crippen LogP contribution in [0.15, 0.2) is 0 Å². The van der Waals surface area contributed by atoms with Gasteiger partial charge in [-0.05, 0) is 62.5 Å². The average Bonchev–Trinajstić information content (AvgIpc) is 3.37. The molecular formula is C34H64N6O6S. The third kappa shape index (κ3) is 15.2. The minimum atomic E-state index is -1.05. The van der Waals surface area contributed by atoms with Crippen LogP contribution in [0.2, 0.25) is 0 Å². The summed E-state index contributed by atoms with van der Waals surface area (Å²) in [6.07, 6.45) is 3.91. The number of likely N-dealkylation sites (tertiary alicyclic amines) is 1. The van der Waals surface area contributed by atoms with Gasteiger partial charge in [-0.15, -0.1) is 0 Å². The van der Waals surface area contributed by atoms with E-state index in [0.29, 0.717) is 44.6 Å². The quantitative estimate of drug-likeness (QED) is 0.0997. The van der Waals surface area contributed by atoms with E-state index in [9.17, 15) is 29.1 Å². The van der Waals surface area contributed by atoms with Crippen molar-refractivity contribution in [3.63, 3.8) is 0 Å². The number of nitrogens with zero attached hydrogens (tertiary/aromatic N) is 1. The van der Waals surface area contributed by atoms with Gasteiger partial charge < -0.3 is 36.6 Å². The molecule has 1 heterocycles. The molecule has 0 radical (unpaired) electrons. The van der Waals surface area contributed by atoms with E-state index >= 15 is 0 Å². The van der Waals surface area contributed by atoms with Crippen molar-refractivity contribution in [2.24, 2.45) is 29.6 Å². The lowest BCUT2D eigenvalue weighted by Gasteiger charge is -2.34. The van der Waals surface area contributed by atoms with E-state index in [-0.39, 0.29) is 35.5 Å². The molecule has 0 spiro atoms. The van der Waals surface area contributed by atoms with Gasteiger partial charge in [0, 0.05) is 32.5 Å². The Bertz CT molecular complexity index is 1010. The fourth-order valence-electron chi connectivity index (χ4n) is 6.05. The van der Waals surface area contributed by atoms with E-state index in [4.69, 9.17) is 0 Å². The number of thioether (sulfide) groups is 1.